The van der Waals surface area contributed by atoms with Crippen molar-refractivity contribution in [3.8, 4) is 5.88 Å². The number of aromatic amines is 1. The van der Waals surface area contributed by atoms with Gasteiger partial charge in [0.25, 0.3) is 0 Å². The number of nitrogens with one attached hydrogen (secondary N) is 1. The molecule has 1 fully saturated rings. The molecular formula is C17H18N8O. The Hall–Kier alpha value is -3.23. The lowest BCUT2D eigenvalue weighted by molar-refractivity contribution is 0.213. The number of ether oxygens (including phenoxy) is 1. The number of aromatic nitrogens is 7. The van der Waals surface area contributed by atoms with E-state index in [9.17, 15) is 0 Å². The molecule has 0 aliphatic carbocycles. The van der Waals surface area contributed by atoms with Crippen molar-refractivity contribution in [3.63, 3.8) is 0 Å². The standard InChI is InChI=1S/C17H18N8O/c1-2-15(23-25-8-5-18-14(1)25)26-10-12-3-6-24(7-4-12)17-13-9-21-22-16(13)19-11-20-17/h1-2,5,8-9,11-12H,3-4,6-7,10H2,(H,19,20,21,22). The van der Waals surface area contributed by atoms with Gasteiger partial charge >= 0.3 is 0 Å². The van der Waals surface area contributed by atoms with Crippen molar-refractivity contribution in [1.29, 1.82) is 0 Å². The second-order valence-electron chi connectivity index (χ2n) is 6.47. The fourth-order valence-electron chi connectivity index (χ4n) is 3.39. The summed E-state index contributed by atoms with van der Waals surface area (Å²) in [6.07, 6.45) is 9.03. The van der Waals surface area contributed by atoms with Crippen molar-refractivity contribution in [3.05, 3.63) is 37.1 Å². The first-order valence-corrected chi connectivity index (χ1v) is 8.69. The lowest BCUT2D eigenvalue weighted by atomic mass is 9.98. The predicted molar refractivity (Wildman–Crippen MR) is 95.1 cm³/mol. The summed E-state index contributed by atoms with van der Waals surface area (Å²) in [7, 11) is 0. The Labute approximate surface area is 149 Å². The molecule has 1 N–H and O–H groups in total. The van der Waals surface area contributed by atoms with Gasteiger partial charge in [-0.25, -0.2) is 19.5 Å². The van der Waals surface area contributed by atoms with Gasteiger partial charge < -0.3 is 9.64 Å². The third-order valence-electron chi connectivity index (χ3n) is 4.84. The van der Waals surface area contributed by atoms with Crippen molar-refractivity contribution >= 4 is 22.5 Å². The van der Waals surface area contributed by atoms with Gasteiger partial charge in [-0.2, -0.15) is 5.10 Å². The number of fused-ring (bicyclic) bond motifs is 2. The van der Waals surface area contributed by atoms with Crippen LogP contribution in [0.2, 0.25) is 0 Å². The number of nitrogens with zero attached hydrogens (tertiary/aromatic N) is 7. The van der Waals surface area contributed by atoms with Gasteiger partial charge in [0.2, 0.25) is 5.88 Å². The third kappa shape index (κ3) is 2.71. The van der Waals surface area contributed by atoms with E-state index >= 15 is 0 Å². The SMILES string of the molecule is c1nc(N2CCC(COc3ccc4nccn4n3)CC2)c2cn[nH]c2n1. The fourth-order valence-corrected chi connectivity index (χ4v) is 3.39. The summed E-state index contributed by atoms with van der Waals surface area (Å²) in [4.78, 5) is 15.1. The van der Waals surface area contributed by atoms with Crippen LogP contribution in [0, 0.1) is 5.92 Å². The molecule has 9 nitrogen and oxygen atoms in total. The van der Waals surface area contributed by atoms with E-state index in [1.807, 2.05) is 18.3 Å². The average molecular weight is 350 g/mol. The summed E-state index contributed by atoms with van der Waals surface area (Å²) in [5.74, 6) is 2.09. The Morgan fingerprint density at radius 2 is 2.08 bits per heavy atom. The van der Waals surface area contributed by atoms with Gasteiger partial charge in [-0.05, 0) is 24.8 Å². The summed E-state index contributed by atoms with van der Waals surface area (Å²) in [6, 6.07) is 3.78. The zero-order chi connectivity index (χ0) is 17.3. The zero-order valence-corrected chi connectivity index (χ0v) is 14.1. The summed E-state index contributed by atoms with van der Waals surface area (Å²) in [5, 5.41) is 12.3. The number of H-pyrrole nitrogens is 1. The maximum absolute atomic E-state index is 5.90. The highest BCUT2D eigenvalue weighted by molar-refractivity contribution is 5.86. The Morgan fingerprint density at radius 3 is 3.00 bits per heavy atom. The summed E-state index contributed by atoms with van der Waals surface area (Å²) >= 11 is 0. The molecular weight excluding hydrogens is 332 g/mol. The predicted octanol–water partition coefficient (Wildman–Crippen LogP) is 1.69. The van der Waals surface area contributed by atoms with Gasteiger partial charge in [0, 0.05) is 31.5 Å². The molecule has 4 aromatic heterocycles. The largest absolute Gasteiger partial charge is 0.476 e. The molecule has 0 amide bonds. The fraction of sp³-hybridized carbons (Fsp3) is 0.353. The first kappa shape index (κ1) is 15.1. The van der Waals surface area contributed by atoms with Gasteiger partial charge in [-0.3, -0.25) is 5.10 Å². The molecule has 0 atom stereocenters. The molecule has 0 spiro atoms. The van der Waals surface area contributed by atoms with Crippen LogP contribution in [-0.2, 0) is 0 Å². The monoisotopic (exact) mass is 350 g/mol. The van der Waals surface area contributed by atoms with E-state index in [0.717, 1.165) is 48.4 Å². The van der Waals surface area contributed by atoms with Gasteiger partial charge in [0.15, 0.2) is 11.3 Å². The lowest BCUT2D eigenvalue weighted by Gasteiger charge is -2.32. The van der Waals surface area contributed by atoms with Crippen molar-refractivity contribution in [2.24, 2.45) is 5.92 Å². The second-order valence-corrected chi connectivity index (χ2v) is 6.47. The molecule has 1 aliphatic rings. The normalized spacial score (nSPS) is 15.8. The van der Waals surface area contributed by atoms with Crippen LogP contribution < -0.4 is 9.64 Å². The number of anilines is 1. The smallest absolute Gasteiger partial charge is 0.231 e. The van der Waals surface area contributed by atoms with Crippen molar-refractivity contribution in [2.45, 2.75) is 12.8 Å². The quantitative estimate of drug-likeness (QED) is 0.598. The second kappa shape index (κ2) is 6.25. The number of hydrogen-bond donors (Lipinski definition) is 1. The summed E-state index contributed by atoms with van der Waals surface area (Å²) in [5.41, 5.74) is 1.60. The van der Waals surface area contributed by atoms with Gasteiger partial charge in [0.1, 0.15) is 12.1 Å². The van der Waals surface area contributed by atoms with Gasteiger partial charge in [-0.1, -0.05) is 0 Å². The topological polar surface area (TPSA) is 97.1 Å². The van der Waals surface area contributed by atoms with E-state index in [1.165, 1.54) is 0 Å². The number of hydrogen-bond acceptors (Lipinski definition) is 7. The Morgan fingerprint density at radius 1 is 1.15 bits per heavy atom. The van der Waals surface area contributed by atoms with Crippen molar-refractivity contribution < 1.29 is 4.74 Å². The average Bonchev–Trinajstić information content (AvgIpc) is 3.35. The number of rotatable bonds is 4. The first-order valence-electron chi connectivity index (χ1n) is 8.69. The van der Waals surface area contributed by atoms with Crippen LogP contribution >= 0.6 is 0 Å². The highest BCUT2D eigenvalue weighted by Gasteiger charge is 2.22. The molecule has 4 aromatic rings. The van der Waals surface area contributed by atoms with E-state index in [-0.39, 0.29) is 0 Å². The number of piperidine rings is 1. The molecule has 5 heterocycles. The van der Waals surface area contributed by atoms with Crippen LogP contribution in [0.1, 0.15) is 12.8 Å². The molecule has 0 radical (unpaired) electrons. The van der Waals surface area contributed by atoms with Crippen LogP contribution in [-0.4, -0.2) is 54.5 Å². The van der Waals surface area contributed by atoms with E-state index in [4.69, 9.17) is 4.74 Å². The minimum absolute atomic E-state index is 0.508. The van der Waals surface area contributed by atoms with Crippen LogP contribution in [0.3, 0.4) is 0 Å². The van der Waals surface area contributed by atoms with Gasteiger partial charge in [0.05, 0.1) is 18.2 Å². The minimum atomic E-state index is 0.508. The maximum Gasteiger partial charge on any atom is 0.231 e. The van der Waals surface area contributed by atoms with E-state index < -0.39 is 0 Å². The Bertz CT molecular complexity index is 1030. The molecule has 0 aromatic carbocycles. The molecule has 9 heteroatoms. The highest BCUT2D eigenvalue weighted by atomic mass is 16.5. The molecule has 1 saturated heterocycles. The third-order valence-corrected chi connectivity index (χ3v) is 4.84. The van der Waals surface area contributed by atoms with Crippen LogP contribution in [0.5, 0.6) is 5.88 Å². The zero-order valence-electron chi connectivity index (χ0n) is 14.1. The molecule has 5 rings (SSSR count). The lowest BCUT2D eigenvalue weighted by Crippen LogP contribution is -2.36. The van der Waals surface area contributed by atoms with E-state index in [1.54, 1.807) is 23.2 Å². The van der Waals surface area contributed by atoms with Crippen molar-refractivity contribution in [2.75, 3.05) is 24.6 Å². The van der Waals surface area contributed by atoms with Gasteiger partial charge in [-0.15, -0.1) is 5.10 Å². The maximum atomic E-state index is 5.90. The highest BCUT2D eigenvalue weighted by Crippen LogP contribution is 2.26. The Balaban J connectivity index is 1.21. The van der Waals surface area contributed by atoms with Crippen LogP contribution in [0.15, 0.2) is 37.1 Å². The van der Waals surface area contributed by atoms with Crippen molar-refractivity contribution in [1.82, 2.24) is 34.8 Å². The summed E-state index contributed by atoms with van der Waals surface area (Å²) in [6.45, 7) is 2.56. The molecule has 1 aliphatic heterocycles. The Kier molecular flexibility index (Phi) is 3.62. The summed E-state index contributed by atoms with van der Waals surface area (Å²) < 4.78 is 7.63. The molecule has 0 bridgehead atoms. The van der Waals surface area contributed by atoms with E-state index in [2.05, 4.69) is 35.1 Å². The van der Waals surface area contributed by atoms with Crippen LogP contribution in [0.4, 0.5) is 5.82 Å². The molecule has 26 heavy (non-hydrogen) atoms. The minimum Gasteiger partial charge on any atom is -0.476 e. The number of imidazole rings is 1. The molecule has 132 valence electrons. The first-order chi connectivity index (χ1) is 12.9. The molecule has 0 unspecified atom stereocenters. The van der Waals surface area contributed by atoms with E-state index in [0.29, 0.717) is 18.4 Å². The van der Waals surface area contributed by atoms with Crippen LogP contribution in [0.25, 0.3) is 16.7 Å². The molecule has 0 saturated carbocycles.